The number of likely N-dealkylation sites (N-methyl/N-ethyl adjacent to an activating group) is 1. The Balaban J connectivity index is 1.73. The fraction of sp³-hybridized carbons (Fsp3) is 0.389. The summed E-state index contributed by atoms with van der Waals surface area (Å²) in [7, 11) is 0. The quantitative estimate of drug-likeness (QED) is 0.604. The second-order valence-corrected chi connectivity index (χ2v) is 6.70. The molecule has 1 saturated heterocycles. The summed E-state index contributed by atoms with van der Waals surface area (Å²) in [6, 6.07) is 5.09. The van der Waals surface area contributed by atoms with Crippen molar-refractivity contribution in [3.05, 3.63) is 51.2 Å². The van der Waals surface area contributed by atoms with E-state index < -0.39 is 5.56 Å². The number of H-pyrrole nitrogens is 1. The number of anilines is 2. The minimum atomic E-state index is -0.506. The third kappa shape index (κ3) is 4.45. The summed E-state index contributed by atoms with van der Waals surface area (Å²) in [4.78, 5) is 15.8. The van der Waals surface area contributed by atoms with Gasteiger partial charge < -0.3 is 9.80 Å². The molecule has 2 aromatic rings. The Morgan fingerprint density at radius 1 is 1.37 bits per heavy atom. The molecule has 0 atom stereocenters. The SMILES string of the molecule is CCN1CCN(c2ccc(/C(C)=N\Nc3cn[nH]c(=O)c3Cl)cc2F)CC1. The van der Waals surface area contributed by atoms with Crippen LogP contribution in [0.2, 0.25) is 5.02 Å². The van der Waals surface area contributed by atoms with Crippen LogP contribution >= 0.6 is 11.6 Å². The summed E-state index contributed by atoms with van der Waals surface area (Å²) in [5.41, 5.74) is 4.29. The number of rotatable bonds is 5. The molecule has 0 amide bonds. The zero-order valence-corrected chi connectivity index (χ0v) is 16.1. The molecule has 0 saturated carbocycles. The van der Waals surface area contributed by atoms with E-state index in [4.69, 9.17) is 11.6 Å². The monoisotopic (exact) mass is 392 g/mol. The highest BCUT2D eigenvalue weighted by Gasteiger charge is 2.19. The van der Waals surface area contributed by atoms with Crippen molar-refractivity contribution in [3.63, 3.8) is 0 Å². The molecule has 0 spiro atoms. The minimum absolute atomic E-state index is 0.0331. The van der Waals surface area contributed by atoms with Crippen molar-refractivity contribution < 1.29 is 4.39 Å². The van der Waals surface area contributed by atoms with Crippen molar-refractivity contribution in [2.45, 2.75) is 13.8 Å². The Labute approximate surface area is 161 Å². The second kappa shape index (κ2) is 8.49. The number of hydrogen-bond donors (Lipinski definition) is 2. The van der Waals surface area contributed by atoms with Gasteiger partial charge in [-0.2, -0.15) is 10.2 Å². The lowest BCUT2D eigenvalue weighted by Crippen LogP contribution is -2.46. The molecule has 1 aliphatic heterocycles. The third-order valence-electron chi connectivity index (χ3n) is 4.67. The Morgan fingerprint density at radius 3 is 2.78 bits per heavy atom. The predicted octanol–water partition coefficient (Wildman–Crippen LogP) is 2.54. The zero-order chi connectivity index (χ0) is 19.4. The molecule has 2 N–H and O–H groups in total. The highest BCUT2D eigenvalue weighted by Crippen LogP contribution is 2.22. The van der Waals surface area contributed by atoms with E-state index in [9.17, 15) is 9.18 Å². The first-order chi connectivity index (χ1) is 13.0. The molecule has 0 bridgehead atoms. The second-order valence-electron chi connectivity index (χ2n) is 6.32. The maximum absolute atomic E-state index is 14.6. The summed E-state index contributed by atoms with van der Waals surface area (Å²) in [5, 5.41) is 10.0. The molecule has 3 rings (SSSR count). The van der Waals surface area contributed by atoms with Crippen LogP contribution in [0.1, 0.15) is 19.4 Å². The number of nitrogens with zero attached hydrogens (tertiary/aromatic N) is 4. The van der Waals surface area contributed by atoms with Gasteiger partial charge in [0.15, 0.2) is 0 Å². The van der Waals surface area contributed by atoms with E-state index in [0.29, 0.717) is 17.0 Å². The average Bonchev–Trinajstić information content (AvgIpc) is 2.69. The average molecular weight is 393 g/mol. The first kappa shape index (κ1) is 19.3. The van der Waals surface area contributed by atoms with Crippen LogP contribution in [0.25, 0.3) is 0 Å². The van der Waals surface area contributed by atoms with Gasteiger partial charge in [0.05, 0.1) is 17.6 Å². The van der Waals surface area contributed by atoms with Gasteiger partial charge in [0.25, 0.3) is 5.56 Å². The smallest absolute Gasteiger partial charge is 0.285 e. The molecule has 2 heterocycles. The molecule has 0 unspecified atom stereocenters. The van der Waals surface area contributed by atoms with Gasteiger partial charge in [-0.15, -0.1) is 0 Å². The number of piperazine rings is 1. The maximum Gasteiger partial charge on any atom is 0.285 e. The fourth-order valence-electron chi connectivity index (χ4n) is 2.96. The molecule has 1 fully saturated rings. The molecule has 1 aromatic carbocycles. The molecular weight excluding hydrogens is 371 g/mol. The van der Waals surface area contributed by atoms with Crippen LogP contribution in [-0.2, 0) is 0 Å². The van der Waals surface area contributed by atoms with E-state index in [1.54, 1.807) is 13.0 Å². The van der Waals surface area contributed by atoms with Crippen molar-refractivity contribution in [3.8, 4) is 0 Å². The van der Waals surface area contributed by atoms with Crippen LogP contribution in [-0.4, -0.2) is 53.5 Å². The topological polar surface area (TPSA) is 76.6 Å². The summed E-state index contributed by atoms with van der Waals surface area (Å²) in [5.74, 6) is -0.275. The van der Waals surface area contributed by atoms with Gasteiger partial charge in [0.2, 0.25) is 0 Å². The van der Waals surface area contributed by atoms with Crippen LogP contribution in [0.15, 0.2) is 34.3 Å². The summed E-state index contributed by atoms with van der Waals surface area (Å²) in [6.07, 6.45) is 1.36. The Hall–Kier alpha value is -2.45. The van der Waals surface area contributed by atoms with E-state index in [2.05, 4.69) is 37.4 Å². The summed E-state index contributed by atoms with van der Waals surface area (Å²) < 4.78 is 14.6. The van der Waals surface area contributed by atoms with Crippen LogP contribution < -0.4 is 15.9 Å². The van der Waals surface area contributed by atoms with Gasteiger partial charge in [-0.05, 0) is 25.6 Å². The predicted molar refractivity (Wildman–Crippen MR) is 106 cm³/mol. The van der Waals surface area contributed by atoms with Gasteiger partial charge in [0.1, 0.15) is 16.5 Å². The van der Waals surface area contributed by atoms with Gasteiger partial charge in [0, 0.05) is 31.7 Å². The lowest BCUT2D eigenvalue weighted by molar-refractivity contribution is 0.270. The van der Waals surface area contributed by atoms with Gasteiger partial charge in [-0.3, -0.25) is 10.2 Å². The first-order valence-electron chi connectivity index (χ1n) is 8.80. The zero-order valence-electron chi connectivity index (χ0n) is 15.3. The van der Waals surface area contributed by atoms with Crippen LogP contribution in [0.3, 0.4) is 0 Å². The van der Waals surface area contributed by atoms with Crippen LogP contribution in [0, 0.1) is 5.82 Å². The van der Waals surface area contributed by atoms with E-state index >= 15 is 0 Å². The number of halogens is 2. The van der Waals surface area contributed by atoms with Crippen molar-refractivity contribution in [2.24, 2.45) is 5.10 Å². The molecular formula is C18H22ClFN6O. The normalized spacial score (nSPS) is 15.9. The Bertz CT molecular complexity index is 892. The number of aromatic amines is 1. The summed E-state index contributed by atoms with van der Waals surface area (Å²) in [6.45, 7) is 8.40. The third-order valence-corrected chi connectivity index (χ3v) is 5.04. The van der Waals surface area contributed by atoms with Crippen LogP contribution in [0.4, 0.5) is 15.8 Å². The molecule has 0 aliphatic carbocycles. The van der Waals surface area contributed by atoms with Crippen molar-refractivity contribution >= 4 is 28.7 Å². The molecule has 144 valence electrons. The maximum atomic E-state index is 14.6. The van der Waals surface area contributed by atoms with Crippen molar-refractivity contribution in [2.75, 3.05) is 43.0 Å². The number of nitrogens with one attached hydrogen (secondary N) is 2. The largest absolute Gasteiger partial charge is 0.367 e. The Kier molecular flexibility index (Phi) is 6.08. The van der Waals surface area contributed by atoms with Crippen molar-refractivity contribution in [1.29, 1.82) is 0 Å². The summed E-state index contributed by atoms with van der Waals surface area (Å²) >= 11 is 5.89. The highest BCUT2D eigenvalue weighted by molar-refractivity contribution is 6.32. The lowest BCUT2D eigenvalue weighted by atomic mass is 10.1. The van der Waals surface area contributed by atoms with E-state index in [0.717, 1.165) is 32.7 Å². The molecule has 1 aromatic heterocycles. The molecule has 9 heteroatoms. The standard InChI is InChI=1S/C18H22ClFN6O/c1-3-25-6-8-26(9-7-25)16-5-4-13(10-14(16)20)12(2)22-23-15-11-21-24-18(27)17(15)19/h4-5,10-11H,3,6-9H2,1-2H3,(H2,23,24,27)/b22-12-. The molecule has 0 radical (unpaired) electrons. The number of hydrazone groups is 1. The fourth-order valence-corrected chi connectivity index (χ4v) is 3.10. The van der Waals surface area contributed by atoms with Gasteiger partial charge >= 0.3 is 0 Å². The highest BCUT2D eigenvalue weighted by atomic mass is 35.5. The number of aromatic nitrogens is 2. The first-order valence-corrected chi connectivity index (χ1v) is 9.18. The number of benzene rings is 1. The van der Waals surface area contributed by atoms with Crippen LogP contribution in [0.5, 0.6) is 0 Å². The van der Waals surface area contributed by atoms with Gasteiger partial charge in [-0.1, -0.05) is 24.6 Å². The molecule has 1 aliphatic rings. The Morgan fingerprint density at radius 2 is 2.11 bits per heavy atom. The molecule has 7 nitrogen and oxygen atoms in total. The minimum Gasteiger partial charge on any atom is -0.367 e. The van der Waals surface area contributed by atoms with E-state index in [1.807, 2.05) is 6.07 Å². The number of hydrogen-bond acceptors (Lipinski definition) is 6. The van der Waals surface area contributed by atoms with Crippen molar-refractivity contribution in [1.82, 2.24) is 15.1 Å². The van der Waals surface area contributed by atoms with E-state index in [1.165, 1.54) is 12.3 Å². The van der Waals surface area contributed by atoms with Gasteiger partial charge in [-0.25, -0.2) is 9.49 Å². The lowest BCUT2D eigenvalue weighted by Gasteiger charge is -2.35. The molecule has 27 heavy (non-hydrogen) atoms. The van der Waals surface area contributed by atoms with E-state index in [-0.39, 0.29) is 16.5 Å².